The van der Waals surface area contributed by atoms with E-state index in [0.29, 0.717) is 12.6 Å². The van der Waals surface area contributed by atoms with Crippen LogP contribution >= 0.6 is 0 Å². The van der Waals surface area contributed by atoms with Crippen molar-refractivity contribution in [3.05, 3.63) is 11.9 Å². The van der Waals surface area contributed by atoms with Crippen molar-refractivity contribution in [2.45, 2.75) is 72.4 Å². The van der Waals surface area contributed by atoms with Crippen molar-refractivity contribution in [3.8, 4) is 0 Å². The lowest BCUT2D eigenvalue weighted by atomic mass is 9.78. The van der Waals surface area contributed by atoms with Crippen molar-refractivity contribution in [1.82, 2.24) is 20.3 Å². The molecule has 1 amide bonds. The van der Waals surface area contributed by atoms with Gasteiger partial charge in [0.15, 0.2) is 0 Å². The molecular formula is C17H30N4O. The van der Waals surface area contributed by atoms with E-state index in [1.807, 2.05) is 10.9 Å². The molecule has 0 saturated heterocycles. The second kappa shape index (κ2) is 7.75. The average Bonchev–Trinajstić information content (AvgIpc) is 2.94. The molecule has 0 atom stereocenters. The predicted molar refractivity (Wildman–Crippen MR) is 87.2 cm³/mol. The SMILES string of the molecule is CC(C)CC1CCC(C(=O)NCc2cn(C(C)C)nn2)CC1. The number of carbonyl (C=O) groups excluding carboxylic acids is 1. The highest BCUT2D eigenvalue weighted by molar-refractivity contribution is 5.78. The van der Waals surface area contributed by atoms with Crippen molar-refractivity contribution in [2.75, 3.05) is 0 Å². The third-order valence-electron chi connectivity index (χ3n) is 4.55. The molecule has 1 aromatic rings. The highest BCUT2D eigenvalue weighted by Gasteiger charge is 2.26. The molecule has 2 rings (SSSR count). The predicted octanol–water partition coefficient (Wildman–Crippen LogP) is 3.33. The Morgan fingerprint density at radius 2 is 1.95 bits per heavy atom. The molecule has 0 unspecified atom stereocenters. The Kier molecular flexibility index (Phi) is 5.98. The summed E-state index contributed by atoms with van der Waals surface area (Å²) in [7, 11) is 0. The quantitative estimate of drug-likeness (QED) is 0.877. The van der Waals surface area contributed by atoms with Gasteiger partial charge in [-0.3, -0.25) is 4.79 Å². The van der Waals surface area contributed by atoms with Gasteiger partial charge in [-0.1, -0.05) is 19.1 Å². The minimum absolute atomic E-state index is 0.182. The molecule has 1 heterocycles. The Bertz CT molecular complexity index is 473. The van der Waals surface area contributed by atoms with Crippen LogP contribution in [0.15, 0.2) is 6.20 Å². The van der Waals surface area contributed by atoms with Crippen molar-refractivity contribution >= 4 is 5.91 Å². The Morgan fingerprint density at radius 1 is 1.27 bits per heavy atom. The fourth-order valence-corrected chi connectivity index (χ4v) is 3.30. The van der Waals surface area contributed by atoms with Gasteiger partial charge in [0.25, 0.3) is 0 Å². The molecule has 5 heteroatoms. The Hall–Kier alpha value is -1.39. The molecule has 1 aromatic heterocycles. The van der Waals surface area contributed by atoms with Crippen molar-refractivity contribution in [3.63, 3.8) is 0 Å². The monoisotopic (exact) mass is 306 g/mol. The van der Waals surface area contributed by atoms with E-state index in [2.05, 4.69) is 43.3 Å². The number of carbonyl (C=O) groups is 1. The minimum Gasteiger partial charge on any atom is -0.350 e. The third-order valence-corrected chi connectivity index (χ3v) is 4.55. The molecule has 124 valence electrons. The lowest BCUT2D eigenvalue weighted by Gasteiger charge is -2.28. The topological polar surface area (TPSA) is 59.8 Å². The van der Waals surface area contributed by atoms with Crippen molar-refractivity contribution in [2.24, 2.45) is 17.8 Å². The highest BCUT2D eigenvalue weighted by atomic mass is 16.1. The van der Waals surface area contributed by atoms with E-state index >= 15 is 0 Å². The van der Waals surface area contributed by atoms with Crippen LogP contribution in [-0.2, 0) is 11.3 Å². The van der Waals surface area contributed by atoms with Gasteiger partial charge in [0, 0.05) is 12.0 Å². The maximum Gasteiger partial charge on any atom is 0.223 e. The Morgan fingerprint density at radius 3 is 2.50 bits per heavy atom. The summed E-state index contributed by atoms with van der Waals surface area (Å²) in [6.45, 7) is 9.17. The number of nitrogens with one attached hydrogen (secondary N) is 1. The van der Waals surface area contributed by atoms with E-state index in [1.165, 1.54) is 19.3 Å². The normalized spacial score (nSPS) is 22.3. The van der Waals surface area contributed by atoms with Crippen molar-refractivity contribution in [1.29, 1.82) is 0 Å². The summed E-state index contributed by atoms with van der Waals surface area (Å²) < 4.78 is 1.82. The number of nitrogens with zero attached hydrogens (tertiary/aromatic N) is 3. The van der Waals surface area contributed by atoms with E-state index < -0.39 is 0 Å². The van der Waals surface area contributed by atoms with Crippen LogP contribution in [0.3, 0.4) is 0 Å². The summed E-state index contributed by atoms with van der Waals surface area (Å²) in [6.07, 6.45) is 7.65. The smallest absolute Gasteiger partial charge is 0.223 e. The van der Waals surface area contributed by atoms with E-state index in [-0.39, 0.29) is 11.8 Å². The molecule has 22 heavy (non-hydrogen) atoms. The van der Waals surface area contributed by atoms with Crippen LogP contribution in [0.5, 0.6) is 0 Å². The summed E-state index contributed by atoms with van der Waals surface area (Å²) >= 11 is 0. The van der Waals surface area contributed by atoms with Crippen LogP contribution < -0.4 is 5.32 Å². The van der Waals surface area contributed by atoms with Crippen LogP contribution in [0.4, 0.5) is 0 Å². The number of rotatable bonds is 6. The van der Waals surface area contributed by atoms with Gasteiger partial charge in [-0.05, 0) is 57.8 Å². The molecule has 1 aliphatic carbocycles. The second-order valence-corrected chi connectivity index (χ2v) is 7.35. The number of hydrogen-bond donors (Lipinski definition) is 1. The summed E-state index contributed by atoms with van der Waals surface area (Å²) in [5.41, 5.74) is 0.829. The van der Waals surface area contributed by atoms with Gasteiger partial charge in [0.05, 0.1) is 12.7 Å². The summed E-state index contributed by atoms with van der Waals surface area (Å²) in [4.78, 5) is 12.3. The van der Waals surface area contributed by atoms with Crippen LogP contribution in [-0.4, -0.2) is 20.9 Å². The molecule has 1 aliphatic rings. The van der Waals surface area contributed by atoms with Crippen molar-refractivity contribution < 1.29 is 4.79 Å². The van der Waals surface area contributed by atoms with Crippen LogP contribution in [0.2, 0.25) is 0 Å². The number of amides is 1. The molecular weight excluding hydrogens is 276 g/mol. The van der Waals surface area contributed by atoms with E-state index in [0.717, 1.165) is 30.4 Å². The summed E-state index contributed by atoms with van der Waals surface area (Å²) in [5.74, 6) is 1.94. The number of aromatic nitrogens is 3. The van der Waals surface area contributed by atoms with Gasteiger partial charge in [0.2, 0.25) is 5.91 Å². The fourth-order valence-electron chi connectivity index (χ4n) is 3.30. The first-order valence-corrected chi connectivity index (χ1v) is 8.64. The largest absolute Gasteiger partial charge is 0.350 e. The molecule has 1 fully saturated rings. The average molecular weight is 306 g/mol. The van der Waals surface area contributed by atoms with Gasteiger partial charge in [-0.25, -0.2) is 4.68 Å². The van der Waals surface area contributed by atoms with Gasteiger partial charge in [-0.2, -0.15) is 0 Å². The lowest BCUT2D eigenvalue weighted by Crippen LogP contribution is -2.33. The minimum atomic E-state index is 0.182. The first-order valence-electron chi connectivity index (χ1n) is 8.64. The summed E-state index contributed by atoms with van der Waals surface area (Å²) in [5, 5.41) is 11.2. The zero-order valence-corrected chi connectivity index (χ0v) is 14.4. The van der Waals surface area contributed by atoms with E-state index in [4.69, 9.17) is 0 Å². The Balaban J connectivity index is 1.74. The molecule has 0 radical (unpaired) electrons. The first-order chi connectivity index (χ1) is 10.5. The molecule has 5 nitrogen and oxygen atoms in total. The maximum atomic E-state index is 12.3. The van der Waals surface area contributed by atoms with Gasteiger partial charge in [-0.15, -0.1) is 5.10 Å². The van der Waals surface area contributed by atoms with Gasteiger partial charge < -0.3 is 5.32 Å². The molecule has 1 saturated carbocycles. The zero-order chi connectivity index (χ0) is 16.1. The maximum absolute atomic E-state index is 12.3. The van der Waals surface area contributed by atoms with Gasteiger partial charge >= 0.3 is 0 Å². The molecule has 0 aromatic carbocycles. The lowest BCUT2D eigenvalue weighted by molar-refractivity contribution is -0.126. The fraction of sp³-hybridized carbons (Fsp3) is 0.824. The zero-order valence-electron chi connectivity index (χ0n) is 14.4. The second-order valence-electron chi connectivity index (χ2n) is 7.35. The highest BCUT2D eigenvalue weighted by Crippen LogP contribution is 2.32. The first kappa shape index (κ1) is 17.0. The molecule has 0 bridgehead atoms. The van der Waals surface area contributed by atoms with E-state index in [9.17, 15) is 4.79 Å². The third kappa shape index (κ3) is 4.82. The van der Waals surface area contributed by atoms with E-state index in [1.54, 1.807) is 0 Å². The molecule has 0 aliphatic heterocycles. The van der Waals surface area contributed by atoms with Gasteiger partial charge in [0.1, 0.15) is 5.69 Å². The van der Waals surface area contributed by atoms with Crippen LogP contribution in [0.1, 0.15) is 71.5 Å². The molecule has 1 N–H and O–H groups in total. The molecule has 0 spiro atoms. The number of hydrogen-bond acceptors (Lipinski definition) is 3. The Labute approximate surface area is 133 Å². The summed E-state index contributed by atoms with van der Waals surface area (Å²) in [6, 6.07) is 0.299. The standard InChI is InChI=1S/C17H30N4O/c1-12(2)9-14-5-7-15(8-6-14)17(22)18-10-16-11-21(13(3)4)20-19-16/h11-15H,5-10H2,1-4H3,(H,18,22). The van der Waals surface area contributed by atoms with Crippen LogP contribution in [0.25, 0.3) is 0 Å². The van der Waals surface area contributed by atoms with Crippen LogP contribution in [0, 0.1) is 17.8 Å².